The summed E-state index contributed by atoms with van der Waals surface area (Å²) in [6, 6.07) is 0. The maximum absolute atomic E-state index is 12.7. The molecular formula is C30H58N2O. The molecular weight excluding hydrogens is 404 g/mol. The molecule has 33 heavy (non-hydrogen) atoms. The monoisotopic (exact) mass is 462 g/mol. The van der Waals surface area contributed by atoms with E-state index >= 15 is 0 Å². The fourth-order valence-electron chi connectivity index (χ4n) is 4.66. The zero-order valence-corrected chi connectivity index (χ0v) is 22.9. The standard InChI is InChI=1S/C30H58N2O/c1-6-9-10-11-12-13-14-15-16-17-18-19-20-21-22-23-24-25-26-27-29(33)28(7-2)30(31,8-3)32(4)5/h7,15-16,28H,2,6,8-14,17-27,31H2,1,3-5H3. The van der Waals surface area contributed by atoms with E-state index in [1.807, 2.05) is 25.9 Å². The molecule has 2 N–H and O–H groups in total. The van der Waals surface area contributed by atoms with Gasteiger partial charge in [0, 0.05) is 6.42 Å². The average Bonchev–Trinajstić information content (AvgIpc) is 2.80. The van der Waals surface area contributed by atoms with Crippen molar-refractivity contribution in [2.45, 2.75) is 142 Å². The molecule has 194 valence electrons. The summed E-state index contributed by atoms with van der Waals surface area (Å²) >= 11 is 0. The minimum atomic E-state index is -0.623. The Labute approximate surface area is 207 Å². The van der Waals surface area contributed by atoms with E-state index < -0.39 is 5.66 Å². The van der Waals surface area contributed by atoms with E-state index in [4.69, 9.17) is 5.73 Å². The number of hydrogen-bond donors (Lipinski definition) is 1. The van der Waals surface area contributed by atoms with Crippen molar-refractivity contribution < 1.29 is 4.79 Å². The molecule has 0 aliphatic rings. The van der Waals surface area contributed by atoms with Crippen LogP contribution in [0.3, 0.4) is 0 Å². The lowest BCUT2D eigenvalue weighted by Gasteiger charge is -2.40. The normalized spacial score (nSPS) is 14.6. The summed E-state index contributed by atoms with van der Waals surface area (Å²) in [6.45, 7) is 8.20. The van der Waals surface area contributed by atoms with Crippen LogP contribution in [-0.4, -0.2) is 30.4 Å². The van der Waals surface area contributed by atoms with Gasteiger partial charge in [-0.1, -0.05) is 109 Å². The lowest BCUT2D eigenvalue weighted by molar-refractivity contribution is -0.125. The predicted molar refractivity (Wildman–Crippen MR) is 148 cm³/mol. The number of carbonyl (C=O) groups excluding carboxylic acids is 1. The van der Waals surface area contributed by atoms with Crippen molar-refractivity contribution in [3.8, 4) is 0 Å². The predicted octanol–water partition coefficient (Wildman–Crippen LogP) is 8.58. The summed E-state index contributed by atoms with van der Waals surface area (Å²) in [5.74, 6) is -0.0491. The Morgan fingerprint density at radius 2 is 1.21 bits per heavy atom. The summed E-state index contributed by atoms with van der Waals surface area (Å²) in [5.41, 5.74) is 5.88. The molecule has 2 unspecified atom stereocenters. The Hall–Kier alpha value is -0.930. The lowest BCUT2D eigenvalue weighted by Crippen LogP contribution is -2.59. The van der Waals surface area contributed by atoms with Crippen LogP contribution in [0.2, 0.25) is 0 Å². The molecule has 0 radical (unpaired) electrons. The molecule has 0 bridgehead atoms. The first-order valence-electron chi connectivity index (χ1n) is 14.2. The number of carbonyl (C=O) groups is 1. The van der Waals surface area contributed by atoms with Crippen LogP contribution in [0.1, 0.15) is 136 Å². The number of nitrogens with two attached hydrogens (primary N) is 1. The Kier molecular flexibility index (Phi) is 21.0. The number of Topliss-reactive ketones (excluding diaryl/α,β-unsaturated/α-hetero) is 1. The molecule has 0 aromatic heterocycles. The maximum Gasteiger partial charge on any atom is 0.142 e. The second-order valence-electron chi connectivity index (χ2n) is 10.2. The van der Waals surface area contributed by atoms with Gasteiger partial charge in [0.05, 0.1) is 11.6 Å². The fraction of sp³-hybridized carbons (Fsp3) is 0.833. The van der Waals surface area contributed by atoms with Crippen molar-refractivity contribution in [2.24, 2.45) is 11.7 Å². The number of hydrogen-bond acceptors (Lipinski definition) is 3. The topological polar surface area (TPSA) is 46.3 Å². The van der Waals surface area contributed by atoms with Crippen LogP contribution in [0, 0.1) is 5.92 Å². The molecule has 0 heterocycles. The van der Waals surface area contributed by atoms with E-state index in [0.29, 0.717) is 6.42 Å². The van der Waals surface area contributed by atoms with E-state index in [1.165, 1.54) is 96.3 Å². The quantitative estimate of drug-likeness (QED) is 0.0887. The molecule has 0 aromatic rings. The van der Waals surface area contributed by atoms with Gasteiger partial charge in [-0.15, -0.1) is 6.58 Å². The summed E-state index contributed by atoms with van der Waals surface area (Å²) in [5, 5.41) is 0. The highest BCUT2D eigenvalue weighted by molar-refractivity contribution is 5.83. The second kappa shape index (κ2) is 21.6. The van der Waals surface area contributed by atoms with Gasteiger partial charge >= 0.3 is 0 Å². The fourth-order valence-corrected chi connectivity index (χ4v) is 4.66. The van der Waals surface area contributed by atoms with E-state index in [9.17, 15) is 4.79 Å². The van der Waals surface area contributed by atoms with E-state index in [0.717, 1.165) is 19.3 Å². The molecule has 2 atom stereocenters. The minimum absolute atomic E-state index is 0.240. The SMILES string of the molecule is C=CC(C(=O)CCCCCCCCCCCC=CCCCCCCCC)C(N)(CC)N(C)C. The minimum Gasteiger partial charge on any atom is -0.312 e. The largest absolute Gasteiger partial charge is 0.312 e. The molecule has 0 fully saturated rings. The molecule has 0 spiro atoms. The van der Waals surface area contributed by atoms with Crippen LogP contribution in [0.15, 0.2) is 24.8 Å². The first-order valence-corrected chi connectivity index (χ1v) is 14.2. The van der Waals surface area contributed by atoms with Gasteiger partial charge < -0.3 is 5.73 Å². The van der Waals surface area contributed by atoms with E-state index in [1.54, 1.807) is 6.08 Å². The highest BCUT2D eigenvalue weighted by atomic mass is 16.1. The van der Waals surface area contributed by atoms with Crippen molar-refractivity contribution in [3.05, 3.63) is 24.8 Å². The van der Waals surface area contributed by atoms with Gasteiger partial charge in [-0.3, -0.25) is 9.69 Å². The molecule has 0 aromatic carbocycles. The van der Waals surface area contributed by atoms with Crippen LogP contribution in [0.5, 0.6) is 0 Å². The smallest absolute Gasteiger partial charge is 0.142 e. The van der Waals surface area contributed by atoms with Crippen molar-refractivity contribution in [1.29, 1.82) is 0 Å². The van der Waals surface area contributed by atoms with Gasteiger partial charge in [-0.25, -0.2) is 0 Å². The third-order valence-corrected chi connectivity index (χ3v) is 7.21. The molecule has 0 saturated heterocycles. The van der Waals surface area contributed by atoms with Gasteiger partial charge in [0.25, 0.3) is 0 Å². The summed E-state index contributed by atoms with van der Waals surface area (Å²) in [6.07, 6.45) is 30.2. The Balaban J connectivity index is 3.58. The molecule has 3 nitrogen and oxygen atoms in total. The first-order chi connectivity index (χ1) is 15.9. The van der Waals surface area contributed by atoms with Crippen LogP contribution >= 0.6 is 0 Å². The highest BCUT2D eigenvalue weighted by Crippen LogP contribution is 2.25. The zero-order chi connectivity index (χ0) is 24.8. The van der Waals surface area contributed by atoms with Crippen LogP contribution in [-0.2, 0) is 4.79 Å². The zero-order valence-electron chi connectivity index (χ0n) is 22.9. The first kappa shape index (κ1) is 32.1. The molecule has 3 heteroatoms. The van der Waals surface area contributed by atoms with Gasteiger partial charge in [0.15, 0.2) is 0 Å². The summed E-state index contributed by atoms with van der Waals surface area (Å²) in [4.78, 5) is 14.6. The van der Waals surface area contributed by atoms with E-state index in [2.05, 4.69) is 25.7 Å². The van der Waals surface area contributed by atoms with Crippen molar-refractivity contribution in [3.63, 3.8) is 0 Å². The summed E-state index contributed by atoms with van der Waals surface area (Å²) < 4.78 is 0. The van der Waals surface area contributed by atoms with Crippen LogP contribution in [0.25, 0.3) is 0 Å². The number of nitrogens with zero attached hydrogens (tertiary/aromatic N) is 1. The number of ketones is 1. The molecule has 0 amide bonds. The van der Waals surface area contributed by atoms with Gasteiger partial charge in [0.2, 0.25) is 0 Å². The number of rotatable bonds is 24. The molecule has 0 aliphatic carbocycles. The van der Waals surface area contributed by atoms with Crippen LogP contribution < -0.4 is 5.73 Å². The maximum atomic E-state index is 12.7. The summed E-state index contributed by atoms with van der Waals surface area (Å²) in [7, 11) is 3.89. The Morgan fingerprint density at radius 3 is 1.61 bits per heavy atom. The van der Waals surface area contributed by atoms with Crippen LogP contribution in [0.4, 0.5) is 0 Å². The highest BCUT2D eigenvalue weighted by Gasteiger charge is 2.37. The van der Waals surface area contributed by atoms with E-state index in [-0.39, 0.29) is 11.7 Å². The van der Waals surface area contributed by atoms with Gasteiger partial charge in [0.1, 0.15) is 5.78 Å². The van der Waals surface area contributed by atoms with Crippen molar-refractivity contribution >= 4 is 5.78 Å². The number of allylic oxidation sites excluding steroid dienone is 2. The molecule has 0 rings (SSSR count). The van der Waals surface area contributed by atoms with Gasteiger partial charge in [-0.2, -0.15) is 0 Å². The third kappa shape index (κ3) is 15.6. The Bertz CT molecular complexity index is 500. The van der Waals surface area contributed by atoms with Crippen molar-refractivity contribution in [1.82, 2.24) is 4.90 Å². The Morgan fingerprint density at radius 1 is 0.788 bits per heavy atom. The molecule has 0 aliphatic heterocycles. The second-order valence-corrected chi connectivity index (χ2v) is 10.2. The lowest BCUT2D eigenvalue weighted by atomic mass is 9.84. The molecule has 0 saturated carbocycles. The van der Waals surface area contributed by atoms with Crippen molar-refractivity contribution in [2.75, 3.05) is 14.1 Å². The third-order valence-electron chi connectivity index (χ3n) is 7.21. The average molecular weight is 463 g/mol. The van der Waals surface area contributed by atoms with Gasteiger partial charge in [-0.05, 0) is 52.6 Å². The number of unbranched alkanes of at least 4 members (excludes halogenated alkanes) is 15.